The highest BCUT2D eigenvalue weighted by molar-refractivity contribution is 7.98. The van der Waals surface area contributed by atoms with Crippen molar-refractivity contribution in [3.8, 4) is 5.69 Å². The van der Waals surface area contributed by atoms with Crippen LogP contribution in [0.1, 0.15) is 22.6 Å². The minimum atomic E-state index is -0.259. The third kappa shape index (κ3) is 4.58. The Bertz CT molecular complexity index is 1140. The van der Waals surface area contributed by atoms with Crippen molar-refractivity contribution in [1.82, 2.24) is 25.0 Å². The number of nitrogens with one attached hydrogen (secondary N) is 1. The zero-order valence-corrected chi connectivity index (χ0v) is 17.1. The summed E-state index contributed by atoms with van der Waals surface area (Å²) < 4.78 is 14.7. The second-order valence-corrected chi connectivity index (χ2v) is 7.58. The first kappa shape index (κ1) is 19.4. The Morgan fingerprint density at radius 1 is 1.10 bits per heavy atom. The fraction of sp³-hybridized carbons (Fsp3) is 0.0952. The monoisotopic (exact) mass is 425 g/mol. The fourth-order valence-corrected chi connectivity index (χ4v) is 4.03. The molecule has 0 fully saturated rings. The van der Waals surface area contributed by atoms with E-state index in [1.165, 1.54) is 23.9 Å². The molecule has 4 rings (SSSR count). The molecular weight excluding hydrogens is 409 g/mol. The van der Waals surface area contributed by atoms with Crippen LogP contribution in [0.4, 0.5) is 4.39 Å². The number of aryl methyl sites for hydroxylation is 1. The van der Waals surface area contributed by atoms with Gasteiger partial charge in [-0.25, -0.2) is 14.1 Å². The zero-order valence-electron chi connectivity index (χ0n) is 15.5. The molecule has 29 heavy (non-hydrogen) atoms. The fourth-order valence-electron chi connectivity index (χ4n) is 2.72. The summed E-state index contributed by atoms with van der Waals surface area (Å²) in [5.74, 6) is 0.973. The molecule has 1 N–H and O–H groups in total. The van der Waals surface area contributed by atoms with E-state index in [1.54, 1.807) is 22.9 Å². The van der Waals surface area contributed by atoms with Gasteiger partial charge >= 0.3 is 0 Å². The van der Waals surface area contributed by atoms with Crippen LogP contribution in [0.15, 0.2) is 59.8 Å². The first-order chi connectivity index (χ1) is 14.1. The van der Waals surface area contributed by atoms with Gasteiger partial charge in [0.2, 0.25) is 5.16 Å². The molecule has 0 unspecified atom stereocenters. The minimum Gasteiger partial charge on any atom is -0.259 e. The first-order valence-corrected chi connectivity index (χ1v) is 10.2. The van der Waals surface area contributed by atoms with E-state index in [0.717, 1.165) is 22.5 Å². The molecular formula is C21H17ClFN5S. The van der Waals surface area contributed by atoms with E-state index in [9.17, 15) is 4.39 Å². The summed E-state index contributed by atoms with van der Waals surface area (Å²) in [7, 11) is 0. The van der Waals surface area contributed by atoms with Crippen LogP contribution in [-0.2, 0) is 5.75 Å². The van der Waals surface area contributed by atoms with Gasteiger partial charge in [-0.05, 0) is 42.8 Å². The molecule has 146 valence electrons. The highest BCUT2D eigenvalue weighted by atomic mass is 35.5. The lowest BCUT2D eigenvalue weighted by Crippen LogP contribution is -1.96. The van der Waals surface area contributed by atoms with Crippen LogP contribution < -0.4 is 0 Å². The lowest BCUT2D eigenvalue weighted by atomic mass is 10.2. The van der Waals surface area contributed by atoms with Gasteiger partial charge in [-0.15, -0.1) is 5.10 Å². The Hall–Kier alpha value is -2.90. The van der Waals surface area contributed by atoms with Crippen LogP contribution in [0.25, 0.3) is 17.8 Å². The number of nitrogens with zero attached hydrogens (tertiary/aromatic N) is 4. The number of halogens is 2. The van der Waals surface area contributed by atoms with Crippen molar-refractivity contribution in [2.75, 3.05) is 0 Å². The Morgan fingerprint density at radius 3 is 2.62 bits per heavy atom. The van der Waals surface area contributed by atoms with E-state index in [4.69, 9.17) is 11.6 Å². The van der Waals surface area contributed by atoms with Crippen molar-refractivity contribution in [3.05, 3.63) is 88.2 Å². The third-order valence-corrected chi connectivity index (χ3v) is 5.52. The van der Waals surface area contributed by atoms with Crippen LogP contribution in [0.3, 0.4) is 0 Å². The van der Waals surface area contributed by atoms with E-state index in [1.807, 2.05) is 43.3 Å². The van der Waals surface area contributed by atoms with E-state index in [2.05, 4.69) is 20.3 Å². The van der Waals surface area contributed by atoms with Gasteiger partial charge in [-0.1, -0.05) is 59.8 Å². The number of H-pyrrole nitrogens is 1. The van der Waals surface area contributed by atoms with Gasteiger partial charge < -0.3 is 0 Å². The van der Waals surface area contributed by atoms with Crippen LogP contribution >= 0.6 is 23.4 Å². The van der Waals surface area contributed by atoms with Gasteiger partial charge in [0, 0.05) is 11.3 Å². The number of benzene rings is 2. The Balaban J connectivity index is 1.44. The summed E-state index contributed by atoms with van der Waals surface area (Å²) >= 11 is 8.05. The molecule has 0 radical (unpaired) electrons. The van der Waals surface area contributed by atoms with E-state index < -0.39 is 0 Å². The number of hydrogen-bond acceptors (Lipinski definition) is 4. The number of aromatic amines is 1. The van der Waals surface area contributed by atoms with Crippen LogP contribution in [0, 0.1) is 12.7 Å². The van der Waals surface area contributed by atoms with Crippen molar-refractivity contribution in [1.29, 1.82) is 0 Å². The molecule has 0 saturated carbocycles. The summed E-state index contributed by atoms with van der Waals surface area (Å²) in [5.41, 5.74) is 3.63. The standard InChI is InChI=1S/C21H17ClFN5S/c1-14-18(20(22)28(27-14)17-5-3-2-4-6-17)13-29-21-24-19(25-26-21)12-9-15-7-10-16(23)11-8-15/h2-12H,13H2,1H3,(H,24,25,26). The lowest BCUT2D eigenvalue weighted by Gasteiger charge is -2.02. The molecule has 2 aromatic carbocycles. The average molecular weight is 426 g/mol. The molecule has 0 saturated heterocycles. The number of thioether (sulfide) groups is 1. The quantitative estimate of drug-likeness (QED) is 0.411. The molecule has 0 aliphatic heterocycles. The predicted octanol–water partition coefficient (Wildman–Crippen LogP) is 5.55. The number of hydrogen-bond donors (Lipinski definition) is 1. The highest BCUT2D eigenvalue weighted by Gasteiger charge is 2.15. The SMILES string of the molecule is Cc1nn(-c2ccccc2)c(Cl)c1CSc1n[nH]c(C=Cc2ccc(F)cc2)n1. The number of para-hydroxylation sites is 1. The minimum absolute atomic E-state index is 0.259. The normalized spacial score (nSPS) is 11.4. The maximum Gasteiger partial charge on any atom is 0.209 e. The highest BCUT2D eigenvalue weighted by Crippen LogP contribution is 2.29. The molecule has 0 atom stereocenters. The Morgan fingerprint density at radius 2 is 1.86 bits per heavy atom. The van der Waals surface area contributed by atoms with Crippen molar-refractivity contribution in [2.24, 2.45) is 0 Å². The predicted molar refractivity (Wildman–Crippen MR) is 115 cm³/mol. The summed E-state index contributed by atoms with van der Waals surface area (Å²) in [6.45, 7) is 1.94. The maximum atomic E-state index is 13.0. The van der Waals surface area contributed by atoms with Gasteiger partial charge in [0.05, 0.1) is 11.4 Å². The van der Waals surface area contributed by atoms with Crippen LogP contribution in [0.5, 0.6) is 0 Å². The van der Waals surface area contributed by atoms with Crippen molar-refractivity contribution in [2.45, 2.75) is 17.8 Å². The molecule has 8 heteroatoms. The van der Waals surface area contributed by atoms with Crippen molar-refractivity contribution in [3.63, 3.8) is 0 Å². The molecule has 0 amide bonds. The first-order valence-electron chi connectivity index (χ1n) is 8.88. The average Bonchev–Trinajstić information content (AvgIpc) is 3.31. The summed E-state index contributed by atoms with van der Waals surface area (Å²) in [6, 6.07) is 16.0. The van der Waals surface area contributed by atoms with E-state index >= 15 is 0 Å². The summed E-state index contributed by atoms with van der Waals surface area (Å²) in [4.78, 5) is 4.45. The van der Waals surface area contributed by atoms with Crippen LogP contribution in [0.2, 0.25) is 5.15 Å². The van der Waals surface area contributed by atoms with Gasteiger partial charge in [0.25, 0.3) is 0 Å². The Kier molecular flexibility index (Phi) is 5.78. The number of rotatable bonds is 6. The van der Waals surface area contributed by atoms with Crippen molar-refractivity contribution < 1.29 is 4.39 Å². The smallest absolute Gasteiger partial charge is 0.209 e. The van der Waals surface area contributed by atoms with Crippen LogP contribution in [-0.4, -0.2) is 25.0 Å². The Labute approximate surface area is 176 Å². The number of aromatic nitrogens is 5. The van der Waals surface area contributed by atoms with Gasteiger partial charge in [0.1, 0.15) is 16.8 Å². The molecule has 0 bridgehead atoms. The van der Waals surface area contributed by atoms with Crippen molar-refractivity contribution >= 4 is 35.5 Å². The summed E-state index contributed by atoms with van der Waals surface area (Å²) in [6.07, 6.45) is 3.65. The van der Waals surface area contributed by atoms with Gasteiger partial charge in [0.15, 0.2) is 0 Å². The topological polar surface area (TPSA) is 59.4 Å². The molecule has 4 aromatic rings. The third-order valence-electron chi connectivity index (χ3n) is 4.25. The van der Waals surface area contributed by atoms with Gasteiger partial charge in [-0.3, -0.25) is 5.10 Å². The summed E-state index contributed by atoms with van der Waals surface area (Å²) in [5, 5.41) is 12.9. The maximum absolute atomic E-state index is 13.0. The molecule has 2 heterocycles. The second-order valence-electron chi connectivity index (χ2n) is 6.28. The molecule has 0 aliphatic carbocycles. The van der Waals surface area contributed by atoms with Gasteiger partial charge in [-0.2, -0.15) is 5.10 Å². The molecule has 5 nitrogen and oxygen atoms in total. The largest absolute Gasteiger partial charge is 0.259 e. The second kappa shape index (κ2) is 8.63. The van der Waals surface area contributed by atoms with E-state index in [0.29, 0.717) is 21.9 Å². The lowest BCUT2D eigenvalue weighted by molar-refractivity contribution is 0.628. The molecule has 0 spiro atoms. The molecule has 0 aliphatic rings. The molecule has 2 aromatic heterocycles. The van der Waals surface area contributed by atoms with E-state index in [-0.39, 0.29) is 5.82 Å². The zero-order chi connectivity index (χ0) is 20.2.